The van der Waals surface area contributed by atoms with Gasteiger partial charge in [0.05, 0.1) is 0 Å². The third-order valence-corrected chi connectivity index (χ3v) is 3.40. The zero-order chi connectivity index (χ0) is 17.5. The molecule has 0 saturated carbocycles. The van der Waals surface area contributed by atoms with Crippen LogP contribution in [0.4, 0.5) is 17.6 Å². The summed E-state index contributed by atoms with van der Waals surface area (Å²) in [7, 11) is 1.51. The van der Waals surface area contributed by atoms with E-state index in [-0.39, 0.29) is 48.1 Å². The van der Waals surface area contributed by atoms with Crippen molar-refractivity contribution in [2.45, 2.75) is 13.0 Å². The average molecular weight is 467 g/mol. The van der Waals surface area contributed by atoms with Gasteiger partial charge in [0.2, 0.25) is 0 Å². The van der Waals surface area contributed by atoms with Crippen molar-refractivity contribution in [3.63, 3.8) is 0 Å². The molecule has 0 aliphatic rings. The molecule has 2 aromatic rings. The fourth-order valence-electron chi connectivity index (χ4n) is 2.14. The molecule has 0 bridgehead atoms. The van der Waals surface area contributed by atoms with Gasteiger partial charge in [0.25, 0.3) is 0 Å². The number of rotatable bonds is 5. The highest BCUT2D eigenvalue weighted by Gasteiger charge is 2.08. The zero-order valence-corrected chi connectivity index (χ0v) is 15.8. The van der Waals surface area contributed by atoms with E-state index in [1.807, 2.05) is 0 Å². The van der Waals surface area contributed by atoms with Crippen LogP contribution in [0.3, 0.4) is 0 Å². The Hall–Kier alpha value is -1.84. The van der Waals surface area contributed by atoms with Crippen LogP contribution in [0, 0.1) is 23.3 Å². The van der Waals surface area contributed by atoms with Crippen molar-refractivity contribution < 1.29 is 17.6 Å². The van der Waals surface area contributed by atoms with Crippen LogP contribution >= 0.6 is 24.0 Å². The highest BCUT2D eigenvalue weighted by Crippen LogP contribution is 2.11. The summed E-state index contributed by atoms with van der Waals surface area (Å²) in [6, 6.07) is 7.18. The van der Waals surface area contributed by atoms with Crippen molar-refractivity contribution in [1.29, 1.82) is 0 Å². The zero-order valence-electron chi connectivity index (χ0n) is 13.5. The topological polar surface area (TPSA) is 36.4 Å². The molecule has 136 valence electrons. The summed E-state index contributed by atoms with van der Waals surface area (Å²) in [4.78, 5) is 3.94. The predicted molar refractivity (Wildman–Crippen MR) is 100 cm³/mol. The molecule has 0 unspecified atom stereocenters. The molecule has 0 aromatic heterocycles. The molecule has 0 heterocycles. The molecule has 2 rings (SSSR count). The van der Waals surface area contributed by atoms with Gasteiger partial charge in [-0.25, -0.2) is 17.6 Å². The van der Waals surface area contributed by atoms with Crippen LogP contribution < -0.4 is 10.6 Å². The third-order valence-electron chi connectivity index (χ3n) is 3.40. The first-order valence-corrected chi connectivity index (χ1v) is 7.32. The Labute approximate surface area is 160 Å². The molecule has 0 aliphatic carbocycles. The number of nitrogens with zero attached hydrogens (tertiary/aromatic N) is 1. The maximum Gasteiger partial charge on any atom is 0.191 e. The first kappa shape index (κ1) is 21.2. The Bertz CT molecular complexity index is 738. The summed E-state index contributed by atoms with van der Waals surface area (Å²) in [5, 5.41) is 5.73. The highest BCUT2D eigenvalue weighted by atomic mass is 127. The smallest absolute Gasteiger partial charge is 0.191 e. The van der Waals surface area contributed by atoms with Crippen LogP contribution in [-0.4, -0.2) is 19.6 Å². The van der Waals surface area contributed by atoms with Gasteiger partial charge in [0, 0.05) is 25.7 Å². The Balaban J connectivity index is 0.00000312. The number of aliphatic imine (C=N–C) groups is 1. The number of guanidine groups is 1. The Morgan fingerprint density at radius 2 is 1.72 bits per heavy atom. The second kappa shape index (κ2) is 10.2. The summed E-state index contributed by atoms with van der Waals surface area (Å²) in [6.07, 6.45) is 0.249. The summed E-state index contributed by atoms with van der Waals surface area (Å²) >= 11 is 0. The molecule has 25 heavy (non-hydrogen) atoms. The molecule has 2 aromatic carbocycles. The molecule has 0 atom stereocenters. The van der Waals surface area contributed by atoms with E-state index < -0.39 is 23.3 Å². The van der Waals surface area contributed by atoms with E-state index in [1.54, 1.807) is 0 Å². The lowest BCUT2D eigenvalue weighted by Crippen LogP contribution is -2.38. The predicted octanol–water partition coefficient (Wildman–Crippen LogP) is 3.77. The third kappa shape index (κ3) is 6.18. The van der Waals surface area contributed by atoms with Crippen LogP contribution in [-0.2, 0) is 13.0 Å². The van der Waals surface area contributed by atoms with Gasteiger partial charge in [0.1, 0.15) is 11.6 Å². The summed E-state index contributed by atoms with van der Waals surface area (Å²) in [5.41, 5.74) is 0.406. The van der Waals surface area contributed by atoms with Crippen molar-refractivity contribution in [3.8, 4) is 0 Å². The maximum absolute atomic E-state index is 13.5. The monoisotopic (exact) mass is 467 g/mol. The normalized spacial score (nSPS) is 11.0. The van der Waals surface area contributed by atoms with Gasteiger partial charge >= 0.3 is 0 Å². The lowest BCUT2D eigenvalue weighted by molar-refractivity contribution is 0.498. The molecular formula is C17H18F4IN3. The molecule has 0 aliphatic heterocycles. The standard InChI is InChI=1S/C17H17F4N3.HI/c1-22-17(24-10-12-9-13(18)5-6-14(12)19)23-8-7-11-3-2-4-15(20)16(11)21;/h2-6,9H,7-8,10H2,1H3,(H2,22,23,24);1H. The van der Waals surface area contributed by atoms with Gasteiger partial charge in [-0.3, -0.25) is 4.99 Å². The Kier molecular flexibility index (Phi) is 8.67. The molecule has 0 radical (unpaired) electrons. The lowest BCUT2D eigenvalue weighted by atomic mass is 10.1. The van der Waals surface area contributed by atoms with Crippen LogP contribution in [0.2, 0.25) is 0 Å². The first-order chi connectivity index (χ1) is 11.5. The van der Waals surface area contributed by atoms with Gasteiger partial charge in [-0.05, 0) is 36.2 Å². The van der Waals surface area contributed by atoms with E-state index in [9.17, 15) is 17.6 Å². The van der Waals surface area contributed by atoms with E-state index in [4.69, 9.17) is 0 Å². The van der Waals surface area contributed by atoms with E-state index in [0.717, 1.165) is 24.3 Å². The van der Waals surface area contributed by atoms with Crippen molar-refractivity contribution >= 4 is 29.9 Å². The van der Waals surface area contributed by atoms with Crippen molar-refractivity contribution in [2.24, 2.45) is 4.99 Å². The second-order valence-corrected chi connectivity index (χ2v) is 5.05. The van der Waals surface area contributed by atoms with Crippen LogP contribution in [0.5, 0.6) is 0 Å². The van der Waals surface area contributed by atoms with Gasteiger partial charge in [0.15, 0.2) is 17.6 Å². The van der Waals surface area contributed by atoms with Crippen molar-refractivity contribution in [1.82, 2.24) is 10.6 Å². The maximum atomic E-state index is 13.5. The molecule has 8 heteroatoms. The number of halogens is 5. The van der Waals surface area contributed by atoms with Gasteiger partial charge in [-0.15, -0.1) is 24.0 Å². The fourth-order valence-corrected chi connectivity index (χ4v) is 2.14. The molecule has 0 fully saturated rings. The molecule has 2 N–H and O–H groups in total. The Morgan fingerprint density at radius 3 is 2.44 bits per heavy atom. The van der Waals surface area contributed by atoms with Gasteiger partial charge in [-0.2, -0.15) is 0 Å². The number of benzene rings is 2. The SMILES string of the molecule is CN=C(NCCc1cccc(F)c1F)NCc1cc(F)ccc1F.I. The van der Waals surface area contributed by atoms with E-state index in [1.165, 1.54) is 19.2 Å². The first-order valence-electron chi connectivity index (χ1n) is 7.32. The average Bonchev–Trinajstić information content (AvgIpc) is 2.57. The fraction of sp³-hybridized carbons (Fsp3) is 0.235. The van der Waals surface area contributed by atoms with Crippen molar-refractivity contribution in [2.75, 3.05) is 13.6 Å². The van der Waals surface area contributed by atoms with E-state index in [2.05, 4.69) is 15.6 Å². The summed E-state index contributed by atoms with van der Waals surface area (Å²) < 4.78 is 53.3. The summed E-state index contributed by atoms with van der Waals surface area (Å²) in [5.74, 6) is -2.48. The van der Waals surface area contributed by atoms with Crippen molar-refractivity contribution in [3.05, 3.63) is 70.8 Å². The Morgan fingerprint density at radius 1 is 0.960 bits per heavy atom. The second-order valence-electron chi connectivity index (χ2n) is 5.05. The molecule has 3 nitrogen and oxygen atoms in total. The highest BCUT2D eigenvalue weighted by molar-refractivity contribution is 14.0. The minimum Gasteiger partial charge on any atom is -0.356 e. The minimum atomic E-state index is -0.892. The molecule has 0 saturated heterocycles. The number of nitrogens with one attached hydrogen (secondary N) is 2. The molecular weight excluding hydrogens is 449 g/mol. The quantitative estimate of drug-likeness (QED) is 0.304. The number of hydrogen-bond donors (Lipinski definition) is 2. The molecule has 0 amide bonds. The largest absolute Gasteiger partial charge is 0.356 e. The van der Waals surface area contributed by atoms with Gasteiger partial charge < -0.3 is 10.6 Å². The van der Waals surface area contributed by atoms with E-state index in [0.29, 0.717) is 12.5 Å². The summed E-state index contributed by atoms with van der Waals surface area (Å²) in [6.45, 7) is 0.337. The van der Waals surface area contributed by atoms with Crippen LogP contribution in [0.15, 0.2) is 41.4 Å². The molecule has 0 spiro atoms. The van der Waals surface area contributed by atoms with Crippen LogP contribution in [0.25, 0.3) is 0 Å². The lowest BCUT2D eigenvalue weighted by Gasteiger charge is -2.12. The number of hydrogen-bond acceptors (Lipinski definition) is 1. The van der Waals surface area contributed by atoms with Crippen LogP contribution in [0.1, 0.15) is 11.1 Å². The minimum absolute atomic E-state index is 0. The van der Waals surface area contributed by atoms with Gasteiger partial charge in [-0.1, -0.05) is 12.1 Å². The van der Waals surface area contributed by atoms with E-state index >= 15 is 0 Å².